The maximum Gasteiger partial charge on any atom is 0.0965 e. The first-order valence-electron chi connectivity index (χ1n) is 3.90. The lowest BCUT2D eigenvalue weighted by Gasteiger charge is -2.03. The molecule has 0 aromatic rings. The highest BCUT2D eigenvalue weighted by molar-refractivity contribution is 4.39. The number of hydrogen-bond acceptors (Lipinski definition) is 3. The lowest BCUT2D eigenvalue weighted by Crippen LogP contribution is -2.21. The molecule has 10 heavy (non-hydrogen) atoms. The standard InChI is InChI=1S/C7H18N2O/c1-2-3-5-9-7-10-6-4-8/h9H,2-8H2,1H3. The maximum atomic E-state index is 5.22. The van der Waals surface area contributed by atoms with Crippen molar-refractivity contribution >= 4 is 0 Å². The molecule has 0 aromatic carbocycles. The molecule has 0 aliphatic carbocycles. The molecule has 0 aromatic heterocycles. The first-order chi connectivity index (χ1) is 4.91. The zero-order chi connectivity index (χ0) is 7.66. The van der Waals surface area contributed by atoms with E-state index in [0.717, 1.165) is 6.54 Å². The van der Waals surface area contributed by atoms with Crippen LogP contribution >= 0.6 is 0 Å². The number of nitrogens with two attached hydrogens (primary N) is 1. The summed E-state index contributed by atoms with van der Waals surface area (Å²) in [6, 6.07) is 0. The van der Waals surface area contributed by atoms with E-state index in [9.17, 15) is 0 Å². The average molecular weight is 146 g/mol. The van der Waals surface area contributed by atoms with Crippen LogP contribution in [-0.4, -0.2) is 26.4 Å². The molecule has 0 saturated heterocycles. The molecule has 0 aliphatic heterocycles. The highest BCUT2D eigenvalue weighted by atomic mass is 16.5. The van der Waals surface area contributed by atoms with Gasteiger partial charge in [-0.1, -0.05) is 13.3 Å². The van der Waals surface area contributed by atoms with Crippen LogP contribution < -0.4 is 11.1 Å². The fourth-order valence-electron chi connectivity index (χ4n) is 0.602. The van der Waals surface area contributed by atoms with Gasteiger partial charge in [0.1, 0.15) is 0 Å². The first-order valence-corrected chi connectivity index (χ1v) is 3.90. The highest BCUT2D eigenvalue weighted by Crippen LogP contribution is 1.81. The third-order valence-electron chi connectivity index (χ3n) is 1.17. The Balaban J connectivity index is 2.65. The summed E-state index contributed by atoms with van der Waals surface area (Å²) in [4.78, 5) is 0. The number of hydrogen-bond donors (Lipinski definition) is 2. The molecule has 0 bridgehead atoms. The smallest absolute Gasteiger partial charge is 0.0965 e. The summed E-state index contributed by atoms with van der Waals surface area (Å²) in [6.45, 7) is 5.11. The van der Waals surface area contributed by atoms with E-state index in [4.69, 9.17) is 10.5 Å². The summed E-state index contributed by atoms with van der Waals surface area (Å²) in [5.41, 5.74) is 5.22. The minimum atomic E-state index is 0.607. The van der Waals surface area contributed by atoms with E-state index in [2.05, 4.69) is 12.2 Å². The molecule has 3 N–H and O–H groups in total. The van der Waals surface area contributed by atoms with Crippen LogP contribution in [0.2, 0.25) is 0 Å². The highest BCUT2D eigenvalue weighted by Gasteiger charge is 1.84. The zero-order valence-corrected chi connectivity index (χ0v) is 6.73. The van der Waals surface area contributed by atoms with Crippen molar-refractivity contribution in [1.82, 2.24) is 5.32 Å². The van der Waals surface area contributed by atoms with E-state index in [1.165, 1.54) is 12.8 Å². The van der Waals surface area contributed by atoms with Crippen LogP contribution in [-0.2, 0) is 4.74 Å². The summed E-state index contributed by atoms with van der Waals surface area (Å²) in [5.74, 6) is 0. The predicted molar refractivity (Wildman–Crippen MR) is 42.8 cm³/mol. The topological polar surface area (TPSA) is 47.3 Å². The second-order valence-corrected chi connectivity index (χ2v) is 2.19. The van der Waals surface area contributed by atoms with Crippen LogP contribution in [0.25, 0.3) is 0 Å². The minimum Gasteiger partial charge on any atom is -0.365 e. The Kier molecular flexibility index (Phi) is 8.77. The van der Waals surface area contributed by atoms with Gasteiger partial charge in [-0.25, -0.2) is 0 Å². The quantitative estimate of drug-likeness (QED) is 0.401. The molecule has 0 aliphatic rings. The second-order valence-electron chi connectivity index (χ2n) is 2.19. The van der Waals surface area contributed by atoms with Crippen molar-refractivity contribution in [3.63, 3.8) is 0 Å². The van der Waals surface area contributed by atoms with E-state index in [1.807, 2.05) is 0 Å². The summed E-state index contributed by atoms with van der Waals surface area (Å²) >= 11 is 0. The van der Waals surface area contributed by atoms with Gasteiger partial charge in [-0.3, -0.25) is 5.32 Å². The molecular formula is C7H18N2O. The summed E-state index contributed by atoms with van der Waals surface area (Å²) in [7, 11) is 0. The van der Waals surface area contributed by atoms with Gasteiger partial charge < -0.3 is 10.5 Å². The molecule has 3 nitrogen and oxygen atoms in total. The van der Waals surface area contributed by atoms with Crippen molar-refractivity contribution in [3.8, 4) is 0 Å². The first kappa shape index (κ1) is 9.88. The van der Waals surface area contributed by atoms with Gasteiger partial charge in [-0.2, -0.15) is 0 Å². The normalized spacial score (nSPS) is 10.2. The van der Waals surface area contributed by atoms with Crippen molar-refractivity contribution < 1.29 is 4.74 Å². The number of unbranched alkanes of at least 4 members (excludes halogenated alkanes) is 1. The summed E-state index contributed by atoms with van der Waals surface area (Å²) in [5, 5.41) is 3.14. The van der Waals surface area contributed by atoms with Gasteiger partial charge in [-0.05, 0) is 13.0 Å². The molecule has 0 fully saturated rings. The Morgan fingerprint density at radius 1 is 1.50 bits per heavy atom. The van der Waals surface area contributed by atoms with Gasteiger partial charge in [0.05, 0.1) is 13.3 Å². The van der Waals surface area contributed by atoms with Gasteiger partial charge in [0.15, 0.2) is 0 Å². The van der Waals surface area contributed by atoms with Crippen LogP contribution in [0.5, 0.6) is 0 Å². The Morgan fingerprint density at radius 2 is 2.30 bits per heavy atom. The van der Waals surface area contributed by atoms with E-state index >= 15 is 0 Å². The number of ether oxygens (including phenoxy) is 1. The minimum absolute atomic E-state index is 0.607. The second kappa shape index (κ2) is 8.88. The monoisotopic (exact) mass is 146 g/mol. The Hall–Kier alpha value is -0.120. The van der Waals surface area contributed by atoms with Crippen LogP contribution in [0.4, 0.5) is 0 Å². The molecule has 0 atom stereocenters. The molecule has 0 heterocycles. The van der Waals surface area contributed by atoms with Gasteiger partial charge in [0.2, 0.25) is 0 Å². The van der Waals surface area contributed by atoms with E-state index in [0.29, 0.717) is 19.9 Å². The van der Waals surface area contributed by atoms with Crippen LogP contribution in [0, 0.1) is 0 Å². The zero-order valence-electron chi connectivity index (χ0n) is 6.73. The van der Waals surface area contributed by atoms with E-state index in [-0.39, 0.29) is 0 Å². The molecule has 3 heteroatoms. The largest absolute Gasteiger partial charge is 0.365 e. The van der Waals surface area contributed by atoms with Crippen molar-refractivity contribution in [2.75, 3.05) is 26.4 Å². The van der Waals surface area contributed by atoms with Gasteiger partial charge >= 0.3 is 0 Å². The van der Waals surface area contributed by atoms with Gasteiger partial charge in [-0.15, -0.1) is 0 Å². The maximum absolute atomic E-state index is 5.22. The molecule has 0 saturated carbocycles. The van der Waals surface area contributed by atoms with Crippen LogP contribution in [0.3, 0.4) is 0 Å². The number of nitrogens with one attached hydrogen (secondary N) is 1. The van der Waals surface area contributed by atoms with Crippen molar-refractivity contribution in [3.05, 3.63) is 0 Å². The lowest BCUT2D eigenvalue weighted by molar-refractivity contribution is 0.123. The van der Waals surface area contributed by atoms with Gasteiger partial charge in [0.25, 0.3) is 0 Å². The molecule has 0 rings (SSSR count). The van der Waals surface area contributed by atoms with Crippen molar-refractivity contribution in [2.45, 2.75) is 19.8 Å². The van der Waals surface area contributed by atoms with Crippen molar-refractivity contribution in [1.29, 1.82) is 0 Å². The van der Waals surface area contributed by atoms with Gasteiger partial charge in [0, 0.05) is 6.54 Å². The Labute approximate surface area is 62.9 Å². The van der Waals surface area contributed by atoms with Crippen molar-refractivity contribution in [2.24, 2.45) is 5.73 Å². The average Bonchev–Trinajstić information content (AvgIpc) is 1.97. The summed E-state index contributed by atoms with van der Waals surface area (Å²) < 4.78 is 5.09. The molecule has 0 radical (unpaired) electrons. The SMILES string of the molecule is CCCCNCOCCN. The van der Waals surface area contributed by atoms with E-state index in [1.54, 1.807) is 0 Å². The fourth-order valence-corrected chi connectivity index (χ4v) is 0.602. The van der Waals surface area contributed by atoms with Crippen LogP contribution in [0.15, 0.2) is 0 Å². The molecular weight excluding hydrogens is 128 g/mol. The Morgan fingerprint density at radius 3 is 2.90 bits per heavy atom. The predicted octanol–water partition coefficient (Wildman–Crippen LogP) is 0.309. The third kappa shape index (κ3) is 7.88. The van der Waals surface area contributed by atoms with E-state index < -0.39 is 0 Å². The Bertz CT molecular complexity index is 51.6. The lowest BCUT2D eigenvalue weighted by atomic mass is 10.3. The van der Waals surface area contributed by atoms with Crippen LogP contribution in [0.1, 0.15) is 19.8 Å². The molecule has 62 valence electrons. The summed E-state index contributed by atoms with van der Waals surface area (Å²) in [6.07, 6.45) is 2.44. The fraction of sp³-hybridized carbons (Fsp3) is 1.00. The molecule has 0 amide bonds. The molecule has 0 spiro atoms. The molecule has 0 unspecified atom stereocenters. The number of rotatable bonds is 7. The third-order valence-corrected chi connectivity index (χ3v) is 1.17.